The van der Waals surface area contributed by atoms with Crippen molar-refractivity contribution < 1.29 is 0 Å². The van der Waals surface area contributed by atoms with E-state index >= 15 is 0 Å². The third-order valence-corrected chi connectivity index (χ3v) is 3.41. The molecule has 0 bridgehead atoms. The fourth-order valence-electron chi connectivity index (χ4n) is 2.00. The average molecular weight is 197 g/mol. The first-order valence-electron chi connectivity index (χ1n) is 6.56. The summed E-state index contributed by atoms with van der Waals surface area (Å²) in [6, 6.07) is 0.869. The van der Waals surface area contributed by atoms with E-state index in [1.807, 2.05) is 0 Å². The molecule has 1 nitrogen and oxygen atoms in total. The third-order valence-electron chi connectivity index (χ3n) is 3.41. The Bertz CT molecular complexity index is 129. The smallest absolute Gasteiger partial charge is 0.00671 e. The summed E-state index contributed by atoms with van der Waals surface area (Å²) < 4.78 is 0. The van der Waals surface area contributed by atoms with Gasteiger partial charge in [0.25, 0.3) is 0 Å². The number of hydrogen-bond acceptors (Lipinski definition) is 1. The summed E-state index contributed by atoms with van der Waals surface area (Å²) in [5.74, 6) is 0.882. The molecule has 0 spiro atoms. The molecule has 1 N–H and O–H groups in total. The molecular weight excluding hydrogens is 170 g/mol. The quantitative estimate of drug-likeness (QED) is 0.585. The topological polar surface area (TPSA) is 12.0 Å². The van der Waals surface area contributed by atoms with Gasteiger partial charge in [0.05, 0.1) is 0 Å². The van der Waals surface area contributed by atoms with Crippen molar-refractivity contribution in [3.8, 4) is 0 Å². The van der Waals surface area contributed by atoms with E-state index in [0.717, 1.165) is 12.0 Å². The lowest BCUT2D eigenvalue weighted by atomic mass is 9.92. The second kappa shape index (κ2) is 7.28. The van der Waals surface area contributed by atoms with Crippen LogP contribution in [0.4, 0.5) is 0 Å². The minimum absolute atomic E-state index is 0.869. The Morgan fingerprint density at radius 2 is 2.00 bits per heavy atom. The molecule has 1 aliphatic rings. The zero-order valence-electron chi connectivity index (χ0n) is 10.0. The fraction of sp³-hybridized carbons (Fsp3) is 1.00. The monoisotopic (exact) mass is 197 g/mol. The molecule has 1 rings (SSSR count). The van der Waals surface area contributed by atoms with E-state index in [-0.39, 0.29) is 0 Å². The van der Waals surface area contributed by atoms with Crippen LogP contribution in [0.2, 0.25) is 0 Å². The lowest BCUT2D eigenvalue weighted by molar-refractivity contribution is 0.314. The van der Waals surface area contributed by atoms with Crippen LogP contribution in [0.3, 0.4) is 0 Å². The van der Waals surface area contributed by atoms with Crippen molar-refractivity contribution in [1.82, 2.24) is 5.32 Å². The molecule has 0 aromatic rings. The molecule has 0 radical (unpaired) electrons. The number of nitrogens with one attached hydrogen (secondary N) is 1. The molecule has 1 fully saturated rings. The first-order valence-corrected chi connectivity index (χ1v) is 6.56. The number of unbranched alkanes of at least 4 members (excludes halogenated alkanes) is 3. The Kier molecular flexibility index (Phi) is 6.25. The number of hydrogen-bond donors (Lipinski definition) is 1. The van der Waals surface area contributed by atoms with Crippen LogP contribution in [0.15, 0.2) is 0 Å². The van der Waals surface area contributed by atoms with Crippen molar-refractivity contribution in [3.63, 3.8) is 0 Å². The molecule has 1 saturated carbocycles. The van der Waals surface area contributed by atoms with E-state index < -0.39 is 0 Å². The summed E-state index contributed by atoms with van der Waals surface area (Å²) in [6.07, 6.45) is 11.3. The van der Waals surface area contributed by atoms with Crippen LogP contribution in [-0.2, 0) is 0 Å². The Hall–Kier alpha value is -0.0400. The third kappa shape index (κ3) is 4.99. The van der Waals surface area contributed by atoms with Crippen LogP contribution >= 0.6 is 0 Å². The molecule has 1 heteroatoms. The Balaban J connectivity index is 1.84. The normalized spacial score (nSPS) is 19.3. The molecule has 0 aromatic heterocycles. The minimum Gasteiger partial charge on any atom is -0.314 e. The van der Waals surface area contributed by atoms with Gasteiger partial charge in [-0.05, 0) is 31.7 Å². The second-order valence-electron chi connectivity index (χ2n) is 4.99. The van der Waals surface area contributed by atoms with Gasteiger partial charge in [-0.15, -0.1) is 0 Å². The average Bonchev–Trinajstić information content (AvgIpc) is 2.10. The molecule has 1 aliphatic carbocycles. The zero-order chi connectivity index (χ0) is 10.2. The predicted molar refractivity (Wildman–Crippen MR) is 63.6 cm³/mol. The fourth-order valence-corrected chi connectivity index (χ4v) is 2.00. The largest absolute Gasteiger partial charge is 0.314 e. The minimum atomic E-state index is 0.869. The van der Waals surface area contributed by atoms with E-state index in [1.165, 1.54) is 57.9 Å². The van der Waals surface area contributed by atoms with Crippen molar-refractivity contribution >= 4 is 0 Å². The Morgan fingerprint density at radius 3 is 2.57 bits per heavy atom. The highest BCUT2D eigenvalue weighted by molar-refractivity contribution is 4.76. The molecule has 1 atom stereocenters. The summed E-state index contributed by atoms with van der Waals surface area (Å²) in [4.78, 5) is 0. The van der Waals surface area contributed by atoms with Crippen LogP contribution in [0, 0.1) is 5.92 Å². The van der Waals surface area contributed by atoms with Crippen molar-refractivity contribution in [2.24, 2.45) is 5.92 Å². The highest BCUT2D eigenvalue weighted by atomic mass is 14.9. The maximum absolute atomic E-state index is 3.66. The van der Waals surface area contributed by atoms with Gasteiger partial charge in [-0.3, -0.25) is 0 Å². The molecule has 0 aliphatic heterocycles. The van der Waals surface area contributed by atoms with Crippen LogP contribution < -0.4 is 5.32 Å². The summed E-state index contributed by atoms with van der Waals surface area (Å²) >= 11 is 0. The van der Waals surface area contributed by atoms with Gasteiger partial charge in [-0.1, -0.05) is 46.0 Å². The molecule has 0 heterocycles. The van der Waals surface area contributed by atoms with E-state index in [4.69, 9.17) is 0 Å². The molecule has 0 saturated heterocycles. The van der Waals surface area contributed by atoms with Crippen molar-refractivity contribution in [2.45, 2.75) is 71.3 Å². The Morgan fingerprint density at radius 1 is 1.21 bits per heavy atom. The van der Waals surface area contributed by atoms with Crippen LogP contribution in [0.25, 0.3) is 0 Å². The lowest BCUT2D eigenvalue weighted by Crippen LogP contribution is -2.37. The zero-order valence-corrected chi connectivity index (χ0v) is 10.0. The highest BCUT2D eigenvalue weighted by Gasteiger charge is 2.16. The van der Waals surface area contributed by atoms with E-state index in [0.29, 0.717) is 0 Å². The maximum Gasteiger partial charge on any atom is 0.00671 e. The second-order valence-corrected chi connectivity index (χ2v) is 4.99. The first-order chi connectivity index (χ1) is 6.83. The van der Waals surface area contributed by atoms with Crippen molar-refractivity contribution in [1.29, 1.82) is 0 Å². The highest BCUT2D eigenvalue weighted by Crippen LogP contribution is 2.18. The molecule has 84 valence electrons. The van der Waals surface area contributed by atoms with Crippen LogP contribution in [0.1, 0.15) is 65.2 Å². The SMILES string of the molecule is CCCCCCC(C)CNC1CCC1. The van der Waals surface area contributed by atoms with Gasteiger partial charge in [-0.2, -0.15) is 0 Å². The van der Waals surface area contributed by atoms with E-state index in [2.05, 4.69) is 19.2 Å². The molecule has 0 amide bonds. The lowest BCUT2D eigenvalue weighted by Gasteiger charge is -2.28. The van der Waals surface area contributed by atoms with Gasteiger partial charge in [-0.25, -0.2) is 0 Å². The summed E-state index contributed by atoms with van der Waals surface area (Å²) in [6.45, 7) is 5.91. The van der Waals surface area contributed by atoms with Crippen LogP contribution in [-0.4, -0.2) is 12.6 Å². The van der Waals surface area contributed by atoms with Gasteiger partial charge in [0.15, 0.2) is 0 Å². The number of rotatable bonds is 8. The molecular formula is C13H27N. The summed E-state index contributed by atoms with van der Waals surface area (Å²) in [7, 11) is 0. The first kappa shape index (κ1) is 12.0. The van der Waals surface area contributed by atoms with Crippen LogP contribution in [0.5, 0.6) is 0 Å². The van der Waals surface area contributed by atoms with E-state index in [9.17, 15) is 0 Å². The van der Waals surface area contributed by atoms with Gasteiger partial charge in [0, 0.05) is 6.04 Å². The standard InChI is InChI=1S/C13H27N/c1-3-4-5-6-8-12(2)11-14-13-9-7-10-13/h12-14H,3-11H2,1-2H3. The van der Waals surface area contributed by atoms with Gasteiger partial charge in [0.1, 0.15) is 0 Å². The summed E-state index contributed by atoms with van der Waals surface area (Å²) in [5.41, 5.74) is 0. The van der Waals surface area contributed by atoms with Gasteiger partial charge < -0.3 is 5.32 Å². The van der Waals surface area contributed by atoms with Gasteiger partial charge >= 0.3 is 0 Å². The van der Waals surface area contributed by atoms with E-state index in [1.54, 1.807) is 0 Å². The predicted octanol–water partition coefficient (Wildman–Crippen LogP) is 3.74. The molecule has 0 aromatic carbocycles. The summed E-state index contributed by atoms with van der Waals surface area (Å²) in [5, 5.41) is 3.66. The van der Waals surface area contributed by atoms with Crippen molar-refractivity contribution in [3.05, 3.63) is 0 Å². The van der Waals surface area contributed by atoms with Gasteiger partial charge in [0.2, 0.25) is 0 Å². The van der Waals surface area contributed by atoms with Crippen molar-refractivity contribution in [2.75, 3.05) is 6.54 Å². The Labute approximate surface area is 89.7 Å². The molecule has 14 heavy (non-hydrogen) atoms. The maximum atomic E-state index is 3.66. The molecule has 1 unspecified atom stereocenters.